The van der Waals surface area contributed by atoms with Gasteiger partial charge in [-0.1, -0.05) is 24.6 Å². The van der Waals surface area contributed by atoms with Crippen LogP contribution in [-0.2, 0) is 9.98 Å². The average Bonchev–Trinajstić information content (AvgIpc) is 2.50. The second kappa shape index (κ2) is 4.30. The van der Waals surface area contributed by atoms with Gasteiger partial charge in [-0.3, -0.25) is 9.56 Å². The van der Waals surface area contributed by atoms with E-state index in [1.807, 2.05) is 32.9 Å². The average molecular weight is 267 g/mol. The van der Waals surface area contributed by atoms with Gasteiger partial charge in [-0.25, -0.2) is 0 Å². The van der Waals surface area contributed by atoms with Crippen LogP contribution in [0, 0.1) is 6.92 Å². The van der Waals surface area contributed by atoms with Crippen molar-refractivity contribution in [2.75, 3.05) is 6.16 Å². The zero-order chi connectivity index (χ0) is 13.6. The molecule has 1 aromatic rings. The number of hydrogen-bond donors (Lipinski definition) is 2. The maximum absolute atomic E-state index is 11.1. The number of aryl methyl sites for hydroxylation is 1. The van der Waals surface area contributed by atoms with Gasteiger partial charge in [0, 0.05) is 11.1 Å². The molecule has 0 amide bonds. The van der Waals surface area contributed by atoms with E-state index in [0.717, 1.165) is 22.5 Å². The molecule has 0 saturated carbocycles. The Morgan fingerprint density at radius 2 is 2.00 bits per heavy atom. The zero-order valence-corrected chi connectivity index (χ0v) is 11.7. The molecule has 0 aromatic heterocycles. The van der Waals surface area contributed by atoms with Crippen molar-refractivity contribution in [3.05, 3.63) is 29.3 Å². The molecule has 18 heavy (non-hydrogen) atoms. The molecular weight excluding hydrogens is 249 g/mol. The molecule has 0 fully saturated rings. The highest BCUT2D eigenvalue weighted by atomic mass is 31.2. The van der Waals surface area contributed by atoms with Gasteiger partial charge in [0.1, 0.15) is 0 Å². The van der Waals surface area contributed by atoms with Gasteiger partial charge in [-0.2, -0.15) is 0 Å². The smallest absolute Gasteiger partial charge is 0.324 e. The number of nitrogens with zero attached hydrogens (tertiary/aromatic N) is 1. The SMILES string of the molecule is CC1=Nc2ccc(C)cc2C1(C)CCP(=O)(O)O. The zero-order valence-electron chi connectivity index (χ0n) is 10.8. The molecule has 98 valence electrons. The topological polar surface area (TPSA) is 69.9 Å². The highest BCUT2D eigenvalue weighted by molar-refractivity contribution is 7.51. The summed E-state index contributed by atoms with van der Waals surface area (Å²) in [5.74, 6) is 0. The highest BCUT2D eigenvalue weighted by Crippen LogP contribution is 2.46. The molecule has 1 aliphatic heterocycles. The lowest BCUT2D eigenvalue weighted by Crippen LogP contribution is -2.28. The molecule has 1 aromatic carbocycles. The van der Waals surface area contributed by atoms with Gasteiger partial charge >= 0.3 is 7.60 Å². The van der Waals surface area contributed by atoms with Crippen LogP contribution in [0.3, 0.4) is 0 Å². The first-order chi connectivity index (χ1) is 8.22. The molecule has 1 unspecified atom stereocenters. The maximum Gasteiger partial charge on any atom is 0.325 e. The molecule has 0 saturated heterocycles. The summed E-state index contributed by atoms with van der Waals surface area (Å²) in [6.07, 6.45) is 0.312. The molecule has 0 bridgehead atoms. The lowest BCUT2D eigenvalue weighted by atomic mass is 9.77. The van der Waals surface area contributed by atoms with Crippen LogP contribution in [0.1, 0.15) is 31.4 Å². The Morgan fingerprint density at radius 1 is 1.33 bits per heavy atom. The maximum atomic E-state index is 11.1. The van der Waals surface area contributed by atoms with Crippen molar-refractivity contribution in [3.8, 4) is 0 Å². The van der Waals surface area contributed by atoms with E-state index in [1.54, 1.807) is 0 Å². The van der Waals surface area contributed by atoms with Gasteiger partial charge in [0.05, 0.1) is 11.8 Å². The van der Waals surface area contributed by atoms with Crippen LogP contribution in [-0.4, -0.2) is 21.7 Å². The van der Waals surface area contributed by atoms with Crippen LogP contribution in [0.15, 0.2) is 23.2 Å². The van der Waals surface area contributed by atoms with E-state index in [9.17, 15) is 4.57 Å². The molecule has 0 aliphatic carbocycles. The molecule has 5 heteroatoms. The Labute approximate surface area is 107 Å². The van der Waals surface area contributed by atoms with Gasteiger partial charge in [-0.05, 0) is 31.9 Å². The first kappa shape index (κ1) is 13.5. The molecule has 2 rings (SSSR count). The highest BCUT2D eigenvalue weighted by Gasteiger charge is 2.38. The number of rotatable bonds is 3. The summed E-state index contributed by atoms with van der Waals surface area (Å²) in [6.45, 7) is 5.94. The Hall–Kier alpha value is -0.960. The summed E-state index contributed by atoms with van der Waals surface area (Å²) in [5.41, 5.74) is 3.71. The summed E-state index contributed by atoms with van der Waals surface area (Å²) in [7, 11) is -3.97. The van der Waals surface area contributed by atoms with Gasteiger partial charge in [0.15, 0.2) is 0 Å². The number of hydrogen-bond acceptors (Lipinski definition) is 2. The van der Waals surface area contributed by atoms with E-state index >= 15 is 0 Å². The van der Waals surface area contributed by atoms with Crippen molar-refractivity contribution < 1.29 is 14.4 Å². The molecule has 1 aliphatic rings. The molecule has 0 spiro atoms. The first-order valence-corrected chi connectivity index (χ1v) is 7.74. The predicted molar refractivity (Wildman–Crippen MR) is 72.8 cm³/mol. The van der Waals surface area contributed by atoms with Crippen LogP contribution >= 0.6 is 7.60 Å². The van der Waals surface area contributed by atoms with Crippen LogP contribution in [0.5, 0.6) is 0 Å². The quantitative estimate of drug-likeness (QED) is 0.827. The van der Waals surface area contributed by atoms with Crippen LogP contribution in [0.25, 0.3) is 0 Å². The van der Waals surface area contributed by atoms with E-state index in [-0.39, 0.29) is 11.6 Å². The fraction of sp³-hybridized carbons (Fsp3) is 0.462. The normalized spacial score (nSPS) is 22.8. The van der Waals surface area contributed by atoms with Crippen molar-refractivity contribution in [2.45, 2.75) is 32.6 Å². The molecule has 4 nitrogen and oxygen atoms in total. The first-order valence-electron chi connectivity index (χ1n) is 5.94. The summed E-state index contributed by atoms with van der Waals surface area (Å²) >= 11 is 0. The van der Waals surface area contributed by atoms with Crippen molar-refractivity contribution in [1.29, 1.82) is 0 Å². The largest absolute Gasteiger partial charge is 0.325 e. The third-order valence-corrected chi connectivity index (χ3v) is 4.54. The van der Waals surface area contributed by atoms with Crippen LogP contribution in [0.2, 0.25) is 0 Å². The third-order valence-electron chi connectivity index (χ3n) is 3.74. The molecule has 1 atom stereocenters. The summed E-state index contributed by atoms with van der Waals surface area (Å²) < 4.78 is 11.1. The second-order valence-corrected chi connectivity index (χ2v) is 6.96. The minimum absolute atomic E-state index is 0.107. The Kier molecular flexibility index (Phi) is 3.22. The van der Waals surface area contributed by atoms with E-state index in [4.69, 9.17) is 9.79 Å². The van der Waals surface area contributed by atoms with Crippen LogP contribution < -0.4 is 0 Å². The molecule has 0 radical (unpaired) electrons. The minimum Gasteiger partial charge on any atom is -0.324 e. The lowest BCUT2D eigenvalue weighted by molar-refractivity contribution is 0.368. The summed E-state index contributed by atoms with van der Waals surface area (Å²) in [5, 5.41) is 0. The van der Waals surface area contributed by atoms with Crippen molar-refractivity contribution in [2.24, 2.45) is 4.99 Å². The monoisotopic (exact) mass is 267 g/mol. The Morgan fingerprint density at radius 3 is 2.61 bits per heavy atom. The number of fused-ring (bicyclic) bond motifs is 1. The summed E-state index contributed by atoms with van der Waals surface area (Å²) in [6, 6.07) is 6.04. The van der Waals surface area contributed by atoms with E-state index in [1.165, 1.54) is 0 Å². The fourth-order valence-corrected chi connectivity index (χ4v) is 3.11. The molecular formula is C13H18NO3P. The van der Waals surface area contributed by atoms with Gasteiger partial charge in [0.2, 0.25) is 0 Å². The summed E-state index contributed by atoms with van der Waals surface area (Å²) in [4.78, 5) is 22.6. The standard InChI is InChI=1S/C13H18NO3P/c1-9-4-5-12-11(8-9)13(3,10(2)14-12)6-7-18(15,16)17/h4-5,8H,6-7H2,1-3H3,(H2,15,16,17). The number of benzene rings is 1. The minimum atomic E-state index is -3.97. The Balaban J connectivity index is 2.37. The van der Waals surface area contributed by atoms with Crippen molar-refractivity contribution in [1.82, 2.24) is 0 Å². The van der Waals surface area contributed by atoms with Gasteiger partial charge in [0.25, 0.3) is 0 Å². The molecule has 1 heterocycles. The van der Waals surface area contributed by atoms with Crippen molar-refractivity contribution in [3.63, 3.8) is 0 Å². The van der Waals surface area contributed by atoms with Gasteiger partial charge < -0.3 is 9.79 Å². The van der Waals surface area contributed by atoms with E-state index in [2.05, 4.69) is 11.1 Å². The lowest BCUT2D eigenvalue weighted by Gasteiger charge is -2.26. The number of aliphatic imine (C=N–C) groups is 1. The van der Waals surface area contributed by atoms with Gasteiger partial charge in [-0.15, -0.1) is 0 Å². The Bertz CT molecular complexity index is 561. The van der Waals surface area contributed by atoms with E-state index in [0.29, 0.717) is 6.42 Å². The predicted octanol–water partition coefficient (Wildman–Crippen LogP) is 2.93. The fourth-order valence-electron chi connectivity index (χ4n) is 2.37. The van der Waals surface area contributed by atoms with Crippen molar-refractivity contribution >= 4 is 19.0 Å². The van der Waals surface area contributed by atoms with E-state index < -0.39 is 7.60 Å². The second-order valence-electron chi connectivity index (χ2n) is 5.19. The third kappa shape index (κ3) is 2.41. The van der Waals surface area contributed by atoms with Crippen LogP contribution in [0.4, 0.5) is 5.69 Å². The molecule has 2 N–H and O–H groups in total.